The third-order valence-electron chi connectivity index (χ3n) is 6.11. The molecule has 0 amide bonds. The number of nitrogens with zero attached hydrogens (tertiary/aromatic N) is 2. The fraction of sp³-hybridized carbons (Fsp3) is 0.520. The molecule has 0 bridgehead atoms. The molecule has 170 valence electrons. The van der Waals surface area contributed by atoms with Gasteiger partial charge in [0.05, 0.1) is 4.90 Å². The summed E-state index contributed by atoms with van der Waals surface area (Å²) in [5.41, 5.74) is 3.93. The van der Waals surface area contributed by atoms with Crippen LogP contribution in [-0.2, 0) is 10.0 Å². The van der Waals surface area contributed by atoms with Crippen molar-refractivity contribution in [1.29, 1.82) is 0 Å². The van der Waals surface area contributed by atoms with Gasteiger partial charge in [-0.25, -0.2) is 12.8 Å². The van der Waals surface area contributed by atoms with Crippen LogP contribution in [-0.4, -0.2) is 38.9 Å². The van der Waals surface area contributed by atoms with Gasteiger partial charge in [0.1, 0.15) is 5.82 Å². The van der Waals surface area contributed by atoms with Crippen molar-refractivity contribution in [2.45, 2.75) is 64.2 Å². The number of hydrogen-bond donors (Lipinski definition) is 0. The van der Waals surface area contributed by atoms with Gasteiger partial charge in [0.15, 0.2) is 0 Å². The van der Waals surface area contributed by atoms with Gasteiger partial charge in [-0.3, -0.25) is 0 Å². The Hall–Kier alpha value is -1.92. The summed E-state index contributed by atoms with van der Waals surface area (Å²) < 4.78 is 42.6. The monoisotopic (exact) mass is 446 g/mol. The smallest absolute Gasteiger partial charge is 0.243 e. The van der Waals surface area contributed by atoms with E-state index >= 15 is 0 Å². The molecule has 1 fully saturated rings. The molecule has 6 heteroatoms. The van der Waals surface area contributed by atoms with Crippen molar-refractivity contribution < 1.29 is 12.8 Å². The molecule has 0 atom stereocenters. The van der Waals surface area contributed by atoms with Gasteiger partial charge < -0.3 is 4.90 Å². The lowest BCUT2D eigenvalue weighted by molar-refractivity contribution is 0.383. The Labute approximate surface area is 187 Å². The lowest BCUT2D eigenvalue weighted by Gasteiger charge is -2.36. The Balaban J connectivity index is 1.95. The van der Waals surface area contributed by atoms with Gasteiger partial charge in [0.2, 0.25) is 10.0 Å². The number of piperazine rings is 1. The van der Waals surface area contributed by atoms with Crippen LogP contribution in [0.25, 0.3) is 0 Å². The predicted octanol–water partition coefficient (Wildman–Crippen LogP) is 5.71. The Morgan fingerprint density at radius 3 is 1.68 bits per heavy atom. The highest BCUT2D eigenvalue weighted by Gasteiger charge is 2.34. The van der Waals surface area contributed by atoms with Crippen LogP contribution in [0.5, 0.6) is 0 Å². The van der Waals surface area contributed by atoms with E-state index in [2.05, 4.69) is 58.6 Å². The minimum atomic E-state index is -3.62. The van der Waals surface area contributed by atoms with Crippen LogP contribution >= 0.6 is 0 Å². The van der Waals surface area contributed by atoms with Crippen LogP contribution in [0.3, 0.4) is 0 Å². The zero-order chi connectivity index (χ0) is 22.9. The molecule has 0 spiro atoms. The first-order valence-electron chi connectivity index (χ1n) is 11.2. The van der Waals surface area contributed by atoms with Crippen molar-refractivity contribution in [2.75, 3.05) is 31.1 Å². The predicted molar refractivity (Wildman–Crippen MR) is 126 cm³/mol. The molecule has 2 aromatic rings. The van der Waals surface area contributed by atoms with Gasteiger partial charge >= 0.3 is 0 Å². The molecule has 0 N–H and O–H groups in total. The highest BCUT2D eigenvalue weighted by atomic mass is 32.2. The second-order valence-corrected chi connectivity index (χ2v) is 11.2. The molecule has 0 aliphatic carbocycles. The van der Waals surface area contributed by atoms with E-state index in [0.29, 0.717) is 37.0 Å². The third-order valence-corrected chi connectivity index (χ3v) is 8.14. The van der Waals surface area contributed by atoms with Crippen molar-refractivity contribution in [3.05, 3.63) is 58.9 Å². The number of halogens is 1. The molecule has 3 rings (SSSR count). The van der Waals surface area contributed by atoms with Crippen LogP contribution in [0.4, 0.5) is 10.1 Å². The minimum Gasteiger partial charge on any atom is -0.369 e. The number of benzene rings is 2. The number of sulfonamides is 1. The lowest BCUT2D eigenvalue weighted by atomic mass is 9.89. The Bertz CT molecular complexity index is 977. The van der Waals surface area contributed by atoms with Gasteiger partial charge in [-0.15, -0.1) is 0 Å². The molecule has 1 saturated heterocycles. The van der Waals surface area contributed by atoms with Gasteiger partial charge in [-0.2, -0.15) is 4.31 Å². The molecule has 2 aromatic carbocycles. The molecule has 1 aliphatic heterocycles. The average Bonchev–Trinajstić information content (AvgIpc) is 2.73. The summed E-state index contributed by atoms with van der Waals surface area (Å²) in [5.74, 6) is 0.297. The highest BCUT2D eigenvalue weighted by Crippen LogP contribution is 2.37. The topological polar surface area (TPSA) is 40.6 Å². The fourth-order valence-electron chi connectivity index (χ4n) is 4.16. The summed E-state index contributed by atoms with van der Waals surface area (Å²) in [6, 6.07) is 10.6. The third kappa shape index (κ3) is 4.96. The van der Waals surface area contributed by atoms with Crippen LogP contribution < -0.4 is 4.90 Å². The normalized spacial score (nSPS) is 16.0. The van der Waals surface area contributed by atoms with Crippen molar-refractivity contribution in [1.82, 2.24) is 4.31 Å². The first kappa shape index (κ1) is 23.7. The number of hydrogen-bond acceptors (Lipinski definition) is 3. The Kier molecular flexibility index (Phi) is 7.11. The zero-order valence-corrected chi connectivity index (χ0v) is 20.3. The summed E-state index contributed by atoms with van der Waals surface area (Å²) >= 11 is 0. The number of rotatable bonds is 6. The van der Waals surface area contributed by atoms with E-state index in [0.717, 1.165) is 16.8 Å². The maximum atomic E-state index is 13.9. The molecule has 0 saturated carbocycles. The van der Waals surface area contributed by atoms with E-state index in [1.807, 2.05) is 0 Å². The van der Waals surface area contributed by atoms with Gasteiger partial charge in [-0.1, -0.05) is 53.7 Å². The van der Waals surface area contributed by atoms with Crippen molar-refractivity contribution in [3.63, 3.8) is 0 Å². The molecule has 1 aliphatic rings. The van der Waals surface area contributed by atoms with E-state index in [1.165, 1.54) is 17.7 Å². The number of anilines is 1. The summed E-state index contributed by atoms with van der Waals surface area (Å²) in [4.78, 5) is 2.61. The molecule has 0 aromatic heterocycles. The first-order valence-corrected chi connectivity index (χ1v) is 12.6. The summed E-state index contributed by atoms with van der Waals surface area (Å²) in [6.45, 7) is 14.6. The molecule has 0 unspecified atom stereocenters. The zero-order valence-electron chi connectivity index (χ0n) is 19.5. The molecule has 4 nitrogen and oxygen atoms in total. The van der Waals surface area contributed by atoms with Crippen molar-refractivity contribution in [2.24, 2.45) is 0 Å². The first-order chi connectivity index (χ1) is 14.5. The van der Waals surface area contributed by atoms with Gasteiger partial charge in [0.25, 0.3) is 0 Å². The molecule has 0 radical (unpaired) electrons. The van der Waals surface area contributed by atoms with Crippen LogP contribution in [0, 0.1) is 5.82 Å². The van der Waals surface area contributed by atoms with E-state index in [-0.39, 0.29) is 17.7 Å². The fourth-order valence-corrected chi connectivity index (χ4v) is 6.24. The average molecular weight is 447 g/mol. The summed E-state index contributed by atoms with van der Waals surface area (Å²) in [5, 5.41) is 0. The minimum absolute atomic E-state index is 0.112. The second kappa shape index (κ2) is 9.29. The molecular formula is C25H35FN2O2S. The molecular weight excluding hydrogens is 411 g/mol. The van der Waals surface area contributed by atoms with E-state index in [4.69, 9.17) is 0 Å². The maximum Gasteiger partial charge on any atom is 0.243 e. The summed E-state index contributed by atoms with van der Waals surface area (Å²) in [6.07, 6.45) is 0. The van der Waals surface area contributed by atoms with Crippen molar-refractivity contribution >= 4 is 15.7 Å². The Morgan fingerprint density at radius 1 is 0.774 bits per heavy atom. The summed E-state index contributed by atoms with van der Waals surface area (Å²) in [7, 11) is -3.62. The highest BCUT2D eigenvalue weighted by molar-refractivity contribution is 7.89. The van der Waals surface area contributed by atoms with Crippen LogP contribution in [0.2, 0.25) is 0 Å². The second-order valence-electron chi connectivity index (χ2n) is 9.36. The Morgan fingerprint density at radius 2 is 1.26 bits per heavy atom. The van der Waals surface area contributed by atoms with Gasteiger partial charge in [-0.05, 0) is 58.7 Å². The van der Waals surface area contributed by atoms with E-state index in [9.17, 15) is 12.8 Å². The van der Waals surface area contributed by atoms with E-state index < -0.39 is 10.0 Å². The van der Waals surface area contributed by atoms with Crippen LogP contribution in [0.15, 0.2) is 41.3 Å². The largest absolute Gasteiger partial charge is 0.369 e. The quantitative estimate of drug-likeness (QED) is 0.571. The maximum absolute atomic E-state index is 13.9. The lowest BCUT2D eigenvalue weighted by Crippen LogP contribution is -2.49. The molecule has 1 heterocycles. The SMILES string of the molecule is CC(C)c1cc(C(C)C)c(S(=O)(=O)N2CCN(c3ccc(F)cc3)CC2)c(C(C)C)c1. The van der Waals surface area contributed by atoms with E-state index in [1.54, 1.807) is 16.4 Å². The van der Waals surface area contributed by atoms with Gasteiger partial charge in [0, 0.05) is 31.9 Å². The molecule has 31 heavy (non-hydrogen) atoms. The van der Waals surface area contributed by atoms with Crippen LogP contribution in [0.1, 0.15) is 76.0 Å². The standard InChI is InChI=1S/C25H35FN2O2S/c1-17(2)20-15-23(18(3)4)25(24(16-20)19(5)6)31(29,30)28-13-11-27(12-14-28)22-9-7-21(26)8-10-22/h7-10,15-19H,11-14H2,1-6H3. The van der Waals surface area contributed by atoms with Crippen molar-refractivity contribution in [3.8, 4) is 0 Å².